The molecule has 0 aromatic heterocycles. The Bertz CT molecular complexity index is 378. The molecular weight excluding hydrogens is 185 g/mol. The zero-order valence-electron chi connectivity index (χ0n) is 7.46. The van der Waals surface area contributed by atoms with Crippen LogP contribution in [0.3, 0.4) is 0 Å². The Morgan fingerprint density at radius 3 is 3.07 bits per heavy atom. The molecule has 74 valence electrons. The zero-order chi connectivity index (χ0) is 10.1. The molecule has 0 amide bonds. The summed E-state index contributed by atoms with van der Waals surface area (Å²) in [6.45, 7) is 0.295. The van der Waals surface area contributed by atoms with Gasteiger partial charge >= 0.3 is 5.97 Å². The molecule has 1 atom stereocenters. The first-order valence-electron chi connectivity index (χ1n) is 4.42. The van der Waals surface area contributed by atoms with Crippen LogP contribution >= 0.6 is 0 Å². The summed E-state index contributed by atoms with van der Waals surface area (Å²) in [5.74, 6) is -1.61. The quantitative estimate of drug-likeness (QED) is 0.713. The Kier molecular flexibility index (Phi) is 2.11. The Balaban J connectivity index is 2.31. The average molecular weight is 195 g/mol. The summed E-state index contributed by atoms with van der Waals surface area (Å²) in [7, 11) is 0. The van der Waals surface area contributed by atoms with E-state index in [1.807, 2.05) is 0 Å². The molecular formula is C10H10FNO2. The number of carbonyl (C=O) groups is 1. The molecule has 1 aliphatic heterocycles. The van der Waals surface area contributed by atoms with Crippen molar-refractivity contribution in [2.45, 2.75) is 6.42 Å². The number of para-hydroxylation sites is 1. The smallest absolute Gasteiger partial charge is 0.308 e. The molecule has 1 aromatic carbocycles. The van der Waals surface area contributed by atoms with Gasteiger partial charge in [0, 0.05) is 6.54 Å². The Hall–Kier alpha value is -1.58. The summed E-state index contributed by atoms with van der Waals surface area (Å²) in [4.78, 5) is 10.7. The van der Waals surface area contributed by atoms with Crippen LogP contribution in [0.4, 0.5) is 10.1 Å². The molecule has 2 rings (SSSR count). The van der Waals surface area contributed by atoms with Crippen LogP contribution in [0.25, 0.3) is 0 Å². The highest BCUT2D eigenvalue weighted by molar-refractivity contribution is 5.73. The lowest BCUT2D eigenvalue weighted by Crippen LogP contribution is -2.29. The average Bonchev–Trinajstić information content (AvgIpc) is 2.17. The largest absolute Gasteiger partial charge is 0.481 e. The van der Waals surface area contributed by atoms with Crippen LogP contribution in [-0.2, 0) is 11.2 Å². The maximum Gasteiger partial charge on any atom is 0.308 e. The number of halogens is 1. The molecule has 3 nitrogen and oxygen atoms in total. The second-order valence-corrected chi connectivity index (χ2v) is 3.39. The molecule has 0 saturated carbocycles. The monoisotopic (exact) mass is 195 g/mol. The number of rotatable bonds is 1. The van der Waals surface area contributed by atoms with E-state index in [0.717, 1.165) is 5.56 Å². The Morgan fingerprint density at radius 1 is 1.57 bits per heavy atom. The first kappa shape index (κ1) is 8.99. The SMILES string of the molecule is O=C(O)C1CNc2c(F)cccc2C1. The molecule has 0 aliphatic carbocycles. The van der Waals surface area contributed by atoms with Gasteiger partial charge in [0.2, 0.25) is 0 Å². The van der Waals surface area contributed by atoms with E-state index in [0.29, 0.717) is 18.7 Å². The van der Waals surface area contributed by atoms with Crippen LogP contribution in [0.5, 0.6) is 0 Å². The number of hydrogen-bond donors (Lipinski definition) is 2. The van der Waals surface area contributed by atoms with Gasteiger partial charge in [-0.1, -0.05) is 12.1 Å². The summed E-state index contributed by atoms with van der Waals surface area (Å²) in [6.07, 6.45) is 0.398. The van der Waals surface area contributed by atoms with E-state index in [-0.39, 0.29) is 5.82 Å². The van der Waals surface area contributed by atoms with Crippen LogP contribution in [0.1, 0.15) is 5.56 Å². The second-order valence-electron chi connectivity index (χ2n) is 3.39. The molecule has 1 aromatic rings. The summed E-state index contributed by atoms with van der Waals surface area (Å²) >= 11 is 0. The maximum absolute atomic E-state index is 13.2. The molecule has 0 radical (unpaired) electrons. The number of benzene rings is 1. The van der Waals surface area contributed by atoms with Crippen molar-refractivity contribution in [2.75, 3.05) is 11.9 Å². The van der Waals surface area contributed by atoms with Crippen molar-refractivity contribution in [3.05, 3.63) is 29.6 Å². The van der Waals surface area contributed by atoms with Gasteiger partial charge in [-0.15, -0.1) is 0 Å². The summed E-state index contributed by atoms with van der Waals surface area (Å²) in [5.41, 5.74) is 1.19. The predicted octanol–water partition coefficient (Wildman–Crippen LogP) is 1.49. The van der Waals surface area contributed by atoms with Crippen molar-refractivity contribution >= 4 is 11.7 Å². The van der Waals surface area contributed by atoms with Gasteiger partial charge < -0.3 is 10.4 Å². The first-order valence-corrected chi connectivity index (χ1v) is 4.42. The summed E-state index contributed by atoms with van der Waals surface area (Å²) in [5, 5.41) is 11.6. The van der Waals surface area contributed by atoms with E-state index in [2.05, 4.69) is 5.32 Å². The molecule has 1 unspecified atom stereocenters. The van der Waals surface area contributed by atoms with Gasteiger partial charge in [-0.25, -0.2) is 4.39 Å². The minimum absolute atomic E-state index is 0.295. The molecule has 14 heavy (non-hydrogen) atoms. The van der Waals surface area contributed by atoms with E-state index >= 15 is 0 Å². The standard InChI is InChI=1S/C10H10FNO2/c11-8-3-1-2-6-4-7(10(13)14)5-12-9(6)8/h1-3,7,12H,4-5H2,(H,13,14). The van der Waals surface area contributed by atoms with Crippen molar-refractivity contribution in [3.8, 4) is 0 Å². The van der Waals surface area contributed by atoms with E-state index in [9.17, 15) is 9.18 Å². The molecule has 2 N–H and O–H groups in total. The fraction of sp³-hybridized carbons (Fsp3) is 0.300. The topological polar surface area (TPSA) is 49.3 Å². The first-order chi connectivity index (χ1) is 6.68. The lowest BCUT2D eigenvalue weighted by molar-refractivity contribution is -0.141. The number of carboxylic acids is 1. The highest BCUT2D eigenvalue weighted by atomic mass is 19.1. The van der Waals surface area contributed by atoms with Gasteiger partial charge in [0.1, 0.15) is 5.82 Å². The van der Waals surface area contributed by atoms with Crippen LogP contribution in [0.2, 0.25) is 0 Å². The normalized spacial score (nSPS) is 19.6. The zero-order valence-corrected chi connectivity index (χ0v) is 7.46. The third-order valence-electron chi connectivity index (χ3n) is 2.44. The van der Waals surface area contributed by atoms with Crippen LogP contribution in [0, 0.1) is 11.7 Å². The maximum atomic E-state index is 13.2. The third kappa shape index (κ3) is 1.43. The Labute approximate surface area is 80.6 Å². The van der Waals surface area contributed by atoms with Gasteiger partial charge in [0.05, 0.1) is 11.6 Å². The third-order valence-corrected chi connectivity index (χ3v) is 2.44. The second kappa shape index (κ2) is 3.29. The number of fused-ring (bicyclic) bond motifs is 1. The fourth-order valence-corrected chi connectivity index (χ4v) is 1.67. The lowest BCUT2D eigenvalue weighted by atomic mass is 9.94. The van der Waals surface area contributed by atoms with Gasteiger partial charge in [-0.3, -0.25) is 4.79 Å². The minimum Gasteiger partial charge on any atom is -0.481 e. The van der Waals surface area contributed by atoms with E-state index in [4.69, 9.17) is 5.11 Å². The van der Waals surface area contributed by atoms with Crippen molar-refractivity contribution in [1.29, 1.82) is 0 Å². The van der Waals surface area contributed by atoms with Crippen molar-refractivity contribution in [1.82, 2.24) is 0 Å². The van der Waals surface area contributed by atoms with Crippen LogP contribution in [0.15, 0.2) is 18.2 Å². The minimum atomic E-state index is -0.840. The molecule has 0 bridgehead atoms. The highest BCUT2D eigenvalue weighted by Crippen LogP contribution is 2.27. The van der Waals surface area contributed by atoms with Gasteiger partial charge in [-0.05, 0) is 18.1 Å². The summed E-state index contributed by atoms with van der Waals surface area (Å²) in [6, 6.07) is 4.72. The number of hydrogen-bond acceptors (Lipinski definition) is 2. The summed E-state index contributed by atoms with van der Waals surface area (Å²) < 4.78 is 13.2. The predicted molar refractivity (Wildman–Crippen MR) is 49.7 cm³/mol. The molecule has 1 heterocycles. The van der Waals surface area contributed by atoms with Gasteiger partial charge in [0.15, 0.2) is 0 Å². The molecule has 0 saturated heterocycles. The van der Waals surface area contributed by atoms with Crippen LogP contribution < -0.4 is 5.32 Å². The number of anilines is 1. The van der Waals surface area contributed by atoms with E-state index < -0.39 is 11.9 Å². The number of aliphatic carboxylic acids is 1. The molecule has 4 heteroatoms. The van der Waals surface area contributed by atoms with Crippen molar-refractivity contribution in [3.63, 3.8) is 0 Å². The van der Waals surface area contributed by atoms with Gasteiger partial charge in [0.25, 0.3) is 0 Å². The van der Waals surface area contributed by atoms with Crippen LogP contribution in [-0.4, -0.2) is 17.6 Å². The number of nitrogens with one attached hydrogen (secondary N) is 1. The molecule has 0 fully saturated rings. The molecule has 0 spiro atoms. The number of carboxylic acid groups (broad SMARTS) is 1. The van der Waals surface area contributed by atoms with Crippen molar-refractivity contribution < 1.29 is 14.3 Å². The van der Waals surface area contributed by atoms with Gasteiger partial charge in [-0.2, -0.15) is 0 Å². The molecule has 1 aliphatic rings. The van der Waals surface area contributed by atoms with Crippen molar-refractivity contribution in [2.24, 2.45) is 5.92 Å². The highest BCUT2D eigenvalue weighted by Gasteiger charge is 2.25. The Morgan fingerprint density at radius 2 is 2.36 bits per heavy atom. The van der Waals surface area contributed by atoms with E-state index in [1.165, 1.54) is 6.07 Å². The van der Waals surface area contributed by atoms with E-state index in [1.54, 1.807) is 12.1 Å². The lowest BCUT2D eigenvalue weighted by Gasteiger charge is -2.23. The fourth-order valence-electron chi connectivity index (χ4n) is 1.67.